The number of hydrogen-bond donors (Lipinski definition) is 2. The fourth-order valence-electron chi connectivity index (χ4n) is 3.58. The Hall–Kier alpha value is -3.69. The molecule has 0 spiro atoms. The Morgan fingerprint density at radius 1 is 1.09 bits per heavy atom. The molecule has 2 N–H and O–H groups in total. The molecule has 0 saturated carbocycles. The maximum Gasteiger partial charge on any atom is 0.419 e. The maximum absolute atomic E-state index is 13.2. The number of fused-ring (bicyclic) bond motifs is 1. The van der Waals surface area contributed by atoms with Gasteiger partial charge in [0.2, 0.25) is 5.91 Å². The van der Waals surface area contributed by atoms with Crippen molar-refractivity contribution in [3.05, 3.63) is 87.0 Å². The number of hydrogen-bond acceptors (Lipinski definition) is 6. The lowest BCUT2D eigenvalue weighted by Crippen LogP contribution is -2.45. The predicted molar refractivity (Wildman–Crippen MR) is 133 cm³/mol. The fourth-order valence-corrected chi connectivity index (χ4v) is 4.20. The third-order valence-electron chi connectivity index (χ3n) is 5.36. The molecule has 0 fully saturated rings. The summed E-state index contributed by atoms with van der Waals surface area (Å²) in [7, 11) is 3.85. The quantitative estimate of drug-likeness (QED) is 0.385. The van der Waals surface area contributed by atoms with Gasteiger partial charge in [0.1, 0.15) is 6.04 Å². The molecule has 0 radical (unpaired) electrons. The van der Waals surface area contributed by atoms with Crippen LogP contribution in [0.25, 0.3) is 11.1 Å². The molecule has 34 heavy (non-hydrogen) atoms. The summed E-state index contributed by atoms with van der Waals surface area (Å²) in [6, 6.07) is 17.3. The van der Waals surface area contributed by atoms with E-state index in [1.165, 1.54) is 11.3 Å². The number of rotatable bonds is 9. The highest BCUT2D eigenvalue weighted by atomic mass is 32.1. The van der Waals surface area contributed by atoms with E-state index in [0.29, 0.717) is 41.2 Å². The van der Waals surface area contributed by atoms with Gasteiger partial charge in [-0.1, -0.05) is 36.4 Å². The summed E-state index contributed by atoms with van der Waals surface area (Å²) in [4.78, 5) is 40.7. The molecule has 4 rings (SSSR count). The molecule has 2 amide bonds. The monoisotopic (exact) mass is 478 g/mol. The van der Waals surface area contributed by atoms with E-state index in [-0.39, 0.29) is 11.8 Å². The lowest BCUT2D eigenvalue weighted by atomic mass is 10.0. The number of likely N-dealkylation sites (N-methyl/N-ethyl adjacent to an activating group) is 1. The number of carbonyl (C=O) groups is 2. The van der Waals surface area contributed by atoms with Crippen LogP contribution in [0.5, 0.6) is 0 Å². The first-order valence-electron chi connectivity index (χ1n) is 10.9. The minimum absolute atomic E-state index is 0.297. The van der Waals surface area contributed by atoms with Crippen LogP contribution in [0.15, 0.2) is 75.3 Å². The van der Waals surface area contributed by atoms with Crippen LogP contribution in [0.3, 0.4) is 0 Å². The summed E-state index contributed by atoms with van der Waals surface area (Å²) in [6.07, 6.45) is 0.339. The highest BCUT2D eigenvalue weighted by Gasteiger charge is 2.23. The van der Waals surface area contributed by atoms with Gasteiger partial charge in [0.05, 0.1) is 10.4 Å². The van der Waals surface area contributed by atoms with E-state index in [4.69, 9.17) is 4.42 Å². The van der Waals surface area contributed by atoms with Crippen molar-refractivity contribution in [1.29, 1.82) is 0 Å². The molecule has 1 unspecified atom stereocenters. The van der Waals surface area contributed by atoms with E-state index in [1.807, 2.05) is 54.7 Å². The lowest BCUT2D eigenvalue weighted by Gasteiger charge is -2.18. The molecule has 176 valence electrons. The Kier molecular flexibility index (Phi) is 7.24. The second kappa shape index (κ2) is 10.5. The molecule has 0 saturated heterocycles. The van der Waals surface area contributed by atoms with Crippen LogP contribution in [-0.2, 0) is 17.8 Å². The summed E-state index contributed by atoms with van der Waals surface area (Å²) in [5, 5.41) is 7.56. The van der Waals surface area contributed by atoms with Gasteiger partial charge in [-0.15, -0.1) is 11.3 Å². The number of amides is 2. The van der Waals surface area contributed by atoms with E-state index >= 15 is 0 Å². The molecule has 0 aliphatic rings. The van der Waals surface area contributed by atoms with Crippen molar-refractivity contribution in [1.82, 2.24) is 14.8 Å². The van der Waals surface area contributed by atoms with Crippen LogP contribution in [0, 0.1) is 0 Å². The van der Waals surface area contributed by atoms with Gasteiger partial charge in [-0.25, -0.2) is 4.79 Å². The van der Waals surface area contributed by atoms with Crippen LogP contribution in [0.4, 0.5) is 5.69 Å². The Balaban J connectivity index is 1.56. The first kappa shape index (κ1) is 23.5. The van der Waals surface area contributed by atoms with Crippen molar-refractivity contribution in [2.75, 3.05) is 26.0 Å². The number of nitrogens with zero attached hydrogens (tertiary/aromatic N) is 2. The zero-order valence-corrected chi connectivity index (χ0v) is 19.8. The van der Waals surface area contributed by atoms with E-state index in [9.17, 15) is 14.4 Å². The van der Waals surface area contributed by atoms with Gasteiger partial charge < -0.3 is 20.0 Å². The van der Waals surface area contributed by atoms with Crippen molar-refractivity contribution < 1.29 is 14.0 Å². The van der Waals surface area contributed by atoms with Crippen LogP contribution >= 0.6 is 11.3 Å². The molecular formula is C25H26N4O4S. The van der Waals surface area contributed by atoms with Gasteiger partial charge >= 0.3 is 5.76 Å². The predicted octanol–water partition coefficient (Wildman–Crippen LogP) is 3.20. The van der Waals surface area contributed by atoms with Gasteiger partial charge in [-0.2, -0.15) is 0 Å². The second-order valence-corrected chi connectivity index (χ2v) is 9.14. The van der Waals surface area contributed by atoms with Crippen molar-refractivity contribution in [3.8, 4) is 0 Å². The fraction of sp³-hybridized carbons (Fsp3) is 0.240. The van der Waals surface area contributed by atoms with Gasteiger partial charge in [0.15, 0.2) is 5.58 Å². The Morgan fingerprint density at radius 3 is 2.59 bits per heavy atom. The van der Waals surface area contributed by atoms with Gasteiger partial charge in [-0.05, 0) is 49.3 Å². The minimum atomic E-state index is -0.784. The van der Waals surface area contributed by atoms with Crippen molar-refractivity contribution >= 4 is 39.9 Å². The second-order valence-electron chi connectivity index (χ2n) is 8.19. The summed E-state index contributed by atoms with van der Waals surface area (Å²) in [5.74, 6) is -1.09. The van der Waals surface area contributed by atoms with E-state index < -0.39 is 11.8 Å². The number of carbonyl (C=O) groups excluding carboxylic acids is 2. The molecule has 8 nitrogen and oxygen atoms in total. The molecule has 0 bridgehead atoms. The standard InChI is InChI=1S/C25H26N4O4S/c1-28(2)12-13-29-20-16-18(10-11-21(20)33-25(29)32)26-23(30)19(15-17-7-4-3-5-8-17)27-24(31)22-9-6-14-34-22/h3-11,14,16,19H,12-13,15H2,1-2H3,(H,26,30)(H,27,31). The van der Waals surface area contributed by atoms with Gasteiger partial charge in [-0.3, -0.25) is 14.2 Å². The van der Waals surface area contributed by atoms with Crippen molar-refractivity contribution in [2.45, 2.75) is 19.0 Å². The van der Waals surface area contributed by atoms with Crippen LogP contribution in [0.1, 0.15) is 15.2 Å². The Bertz CT molecular complexity index is 1330. The average Bonchev–Trinajstić information content (AvgIpc) is 3.45. The van der Waals surface area contributed by atoms with E-state index in [0.717, 1.165) is 5.56 Å². The third-order valence-corrected chi connectivity index (χ3v) is 6.22. The summed E-state index contributed by atoms with van der Waals surface area (Å²) < 4.78 is 6.88. The molecule has 0 aliphatic carbocycles. The molecule has 9 heteroatoms. The number of oxazole rings is 1. The van der Waals surface area contributed by atoms with E-state index in [2.05, 4.69) is 10.6 Å². The number of thiophene rings is 1. The molecule has 0 aliphatic heterocycles. The smallest absolute Gasteiger partial charge is 0.408 e. The number of anilines is 1. The van der Waals surface area contributed by atoms with Crippen molar-refractivity contribution in [2.24, 2.45) is 0 Å². The summed E-state index contributed by atoms with van der Waals surface area (Å²) in [5.41, 5.74) is 2.50. The number of nitrogens with one attached hydrogen (secondary N) is 2. The minimum Gasteiger partial charge on any atom is -0.408 e. The Morgan fingerprint density at radius 2 is 1.88 bits per heavy atom. The number of benzene rings is 2. The largest absolute Gasteiger partial charge is 0.419 e. The highest BCUT2D eigenvalue weighted by molar-refractivity contribution is 7.12. The topological polar surface area (TPSA) is 96.6 Å². The first-order valence-corrected chi connectivity index (χ1v) is 11.8. The lowest BCUT2D eigenvalue weighted by molar-refractivity contribution is -0.118. The molecule has 2 heterocycles. The maximum atomic E-state index is 13.2. The first-order chi connectivity index (χ1) is 16.4. The molecule has 4 aromatic rings. The molecule has 1 atom stereocenters. The molecule has 2 aromatic carbocycles. The highest BCUT2D eigenvalue weighted by Crippen LogP contribution is 2.19. The van der Waals surface area contributed by atoms with Crippen LogP contribution in [-0.4, -0.2) is 48.0 Å². The van der Waals surface area contributed by atoms with Gasteiger partial charge in [0, 0.05) is 25.2 Å². The summed E-state index contributed by atoms with van der Waals surface area (Å²) in [6.45, 7) is 1.13. The van der Waals surface area contributed by atoms with Crippen LogP contribution in [0.2, 0.25) is 0 Å². The summed E-state index contributed by atoms with van der Waals surface area (Å²) >= 11 is 1.32. The van der Waals surface area contributed by atoms with Crippen molar-refractivity contribution in [3.63, 3.8) is 0 Å². The normalized spacial score (nSPS) is 12.1. The SMILES string of the molecule is CN(C)CCn1c(=O)oc2ccc(NC(=O)C(Cc3ccccc3)NC(=O)c3cccs3)cc21. The van der Waals surface area contributed by atoms with E-state index in [1.54, 1.807) is 34.9 Å². The third kappa shape index (κ3) is 5.62. The zero-order valence-electron chi connectivity index (χ0n) is 19.0. The Labute approximate surface area is 200 Å². The zero-order chi connectivity index (χ0) is 24.1. The van der Waals surface area contributed by atoms with Crippen LogP contribution < -0.4 is 16.4 Å². The van der Waals surface area contributed by atoms with Gasteiger partial charge in [0.25, 0.3) is 5.91 Å². The average molecular weight is 479 g/mol. The number of aromatic nitrogens is 1. The molecule has 2 aromatic heterocycles. The molecular weight excluding hydrogens is 452 g/mol.